The molecule has 0 saturated carbocycles. The lowest BCUT2D eigenvalue weighted by Crippen LogP contribution is -2.28. The topological polar surface area (TPSA) is 68.5 Å². The van der Waals surface area contributed by atoms with E-state index >= 15 is 0 Å². The second-order valence-electron chi connectivity index (χ2n) is 4.94. The van der Waals surface area contributed by atoms with Crippen LogP contribution < -0.4 is 15.5 Å². The van der Waals surface area contributed by atoms with Crippen LogP contribution in [0, 0.1) is 5.92 Å². The van der Waals surface area contributed by atoms with Gasteiger partial charge in [-0.1, -0.05) is 13.8 Å². The van der Waals surface area contributed by atoms with E-state index in [1.54, 1.807) is 18.2 Å². The monoisotopic (exact) mass is 275 g/mol. The van der Waals surface area contributed by atoms with Gasteiger partial charge in [0.1, 0.15) is 11.3 Å². The molecule has 1 aromatic heterocycles. The Labute approximate surface area is 116 Å². The molecule has 0 aliphatic carbocycles. The highest BCUT2D eigenvalue weighted by Crippen LogP contribution is 2.19. The Kier molecular flexibility index (Phi) is 4.08. The lowest BCUT2D eigenvalue weighted by molar-refractivity contribution is 0.0922. The maximum absolute atomic E-state index is 12.0. The Morgan fingerprint density at radius 1 is 1.35 bits per heavy atom. The molecule has 0 radical (unpaired) electrons. The van der Waals surface area contributed by atoms with Crippen LogP contribution in [0.4, 0.5) is 0 Å². The lowest BCUT2D eigenvalue weighted by Gasteiger charge is -2.07. The molecule has 2 aromatic rings. The molecule has 1 heterocycles. The van der Waals surface area contributed by atoms with Gasteiger partial charge in [0.15, 0.2) is 11.2 Å². The third kappa shape index (κ3) is 2.99. The number of amides is 1. The van der Waals surface area contributed by atoms with Crippen molar-refractivity contribution in [3.05, 3.63) is 40.2 Å². The molecular formula is C15H17NO4. The van der Waals surface area contributed by atoms with Crippen LogP contribution in [0.2, 0.25) is 0 Å². The first kappa shape index (κ1) is 14.1. The molecule has 20 heavy (non-hydrogen) atoms. The molecule has 0 fully saturated rings. The number of rotatable bonds is 4. The number of nitrogens with one attached hydrogen (secondary N) is 1. The minimum Gasteiger partial charge on any atom is -0.497 e. The standard InChI is InChI=1S/C15H17NO4/c1-9(2)8-16-15(18)14-7-12(17)11-5-4-10(19-3)6-13(11)20-14/h4-7,9H,8H2,1-3H3,(H,16,18). The summed E-state index contributed by atoms with van der Waals surface area (Å²) in [5, 5.41) is 3.14. The van der Waals surface area contributed by atoms with Crippen LogP contribution in [-0.4, -0.2) is 19.6 Å². The zero-order valence-electron chi connectivity index (χ0n) is 11.7. The van der Waals surface area contributed by atoms with Gasteiger partial charge in [-0.3, -0.25) is 9.59 Å². The van der Waals surface area contributed by atoms with Crippen molar-refractivity contribution in [2.45, 2.75) is 13.8 Å². The average Bonchev–Trinajstić information content (AvgIpc) is 2.43. The Morgan fingerprint density at radius 3 is 2.75 bits per heavy atom. The van der Waals surface area contributed by atoms with E-state index in [1.807, 2.05) is 13.8 Å². The van der Waals surface area contributed by atoms with Gasteiger partial charge in [-0.25, -0.2) is 0 Å². The van der Waals surface area contributed by atoms with Crippen molar-refractivity contribution in [1.29, 1.82) is 0 Å². The highest BCUT2D eigenvalue weighted by molar-refractivity contribution is 5.93. The average molecular weight is 275 g/mol. The van der Waals surface area contributed by atoms with Crippen LogP contribution >= 0.6 is 0 Å². The van der Waals surface area contributed by atoms with Crippen LogP contribution in [0.15, 0.2) is 33.5 Å². The second kappa shape index (κ2) is 5.77. The van der Waals surface area contributed by atoms with Crippen molar-refractivity contribution >= 4 is 16.9 Å². The van der Waals surface area contributed by atoms with Crippen molar-refractivity contribution < 1.29 is 13.9 Å². The summed E-state index contributed by atoms with van der Waals surface area (Å²) in [7, 11) is 1.53. The minimum absolute atomic E-state index is 0.0106. The Morgan fingerprint density at radius 2 is 2.10 bits per heavy atom. The number of hydrogen-bond donors (Lipinski definition) is 1. The van der Waals surface area contributed by atoms with Gasteiger partial charge < -0.3 is 14.5 Å². The van der Waals surface area contributed by atoms with Crippen LogP contribution in [0.5, 0.6) is 5.75 Å². The normalized spacial score (nSPS) is 10.8. The molecule has 0 bridgehead atoms. The van der Waals surface area contributed by atoms with Crippen molar-refractivity contribution in [1.82, 2.24) is 5.32 Å². The van der Waals surface area contributed by atoms with Gasteiger partial charge in [-0.15, -0.1) is 0 Å². The first-order chi connectivity index (χ1) is 9.51. The van der Waals surface area contributed by atoms with Crippen LogP contribution in [0.3, 0.4) is 0 Å². The van der Waals surface area contributed by atoms with Crippen LogP contribution in [0.1, 0.15) is 24.4 Å². The van der Waals surface area contributed by atoms with Crippen LogP contribution in [0.25, 0.3) is 11.0 Å². The van der Waals surface area contributed by atoms with Gasteiger partial charge >= 0.3 is 0 Å². The number of hydrogen-bond acceptors (Lipinski definition) is 4. The summed E-state index contributed by atoms with van der Waals surface area (Å²) in [5.41, 5.74) is 0.0927. The molecule has 5 nitrogen and oxygen atoms in total. The van der Waals surface area contributed by atoms with E-state index in [1.165, 1.54) is 13.2 Å². The number of ether oxygens (including phenoxy) is 1. The van der Waals surface area contributed by atoms with E-state index in [4.69, 9.17) is 9.15 Å². The number of fused-ring (bicyclic) bond motifs is 1. The van der Waals surface area contributed by atoms with Crippen molar-refractivity contribution in [2.75, 3.05) is 13.7 Å². The smallest absolute Gasteiger partial charge is 0.287 e. The van der Waals surface area contributed by atoms with Gasteiger partial charge in [0.2, 0.25) is 0 Å². The summed E-state index contributed by atoms with van der Waals surface area (Å²) in [4.78, 5) is 23.9. The summed E-state index contributed by atoms with van der Waals surface area (Å²) in [6.45, 7) is 4.50. The predicted octanol–water partition coefficient (Wildman–Crippen LogP) is 2.19. The number of benzene rings is 1. The first-order valence-corrected chi connectivity index (χ1v) is 6.41. The fourth-order valence-corrected chi connectivity index (χ4v) is 1.76. The molecule has 0 aliphatic heterocycles. The minimum atomic E-state index is -0.388. The summed E-state index contributed by atoms with van der Waals surface area (Å²) in [5.74, 6) is 0.517. The molecule has 1 aromatic carbocycles. The molecule has 0 unspecified atom stereocenters. The van der Waals surface area contributed by atoms with Gasteiger partial charge in [0.05, 0.1) is 12.5 Å². The highest BCUT2D eigenvalue weighted by Gasteiger charge is 2.12. The molecule has 106 valence electrons. The van der Waals surface area contributed by atoms with Gasteiger partial charge in [0, 0.05) is 18.7 Å². The molecule has 0 saturated heterocycles. The van der Waals surface area contributed by atoms with E-state index < -0.39 is 0 Å². The zero-order valence-corrected chi connectivity index (χ0v) is 11.7. The fourth-order valence-electron chi connectivity index (χ4n) is 1.76. The largest absolute Gasteiger partial charge is 0.497 e. The van der Waals surface area contributed by atoms with Crippen molar-refractivity contribution in [2.24, 2.45) is 5.92 Å². The molecule has 0 atom stereocenters. The van der Waals surface area contributed by atoms with Crippen LogP contribution in [-0.2, 0) is 0 Å². The van der Waals surface area contributed by atoms with Gasteiger partial charge in [0.25, 0.3) is 5.91 Å². The molecule has 0 aliphatic rings. The maximum Gasteiger partial charge on any atom is 0.287 e. The zero-order chi connectivity index (χ0) is 14.7. The number of methoxy groups -OCH3 is 1. The summed E-state index contributed by atoms with van der Waals surface area (Å²) in [6.07, 6.45) is 0. The van der Waals surface area contributed by atoms with Gasteiger partial charge in [-0.2, -0.15) is 0 Å². The molecule has 1 amide bonds. The van der Waals surface area contributed by atoms with E-state index in [-0.39, 0.29) is 17.1 Å². The Bertz CT molecular complexity index is 688. The maximum atomic E-state index is 12.0. The first-order valence-electron chi connectivity index (χ1n) is 6.41. The molecule has 2 rings (SSSR count). The fraction of sp³-hybridized carbons (Fsp3) is 0.333. The molecule has 5 heteroatoms. The third-order valence-electron chi connectivity index (χ3n) is 2.83. The predicted molar refractivity (Wildman–Crippen MR) is 76.2 cm³/mol. The molecule has 0 spiro atoms. The number of carbonyl (C=O) groups is 1. The van der Waals surface area contributed by atoms with E-state index in [0.29, 0.717) is 29.2 Å². The summed E-state index contributed by atoms with van der Waals surface area (Å²) >= 11 is 0. The van der Waals surface area contributed by atoms with Crippen molar-refractivity contribution in [3.63, 3.8) is 0 Å². The molecule has 1 N–H and O–H groups in total. The van der Waals surface area contributed by atoms with Crippen molar-refractivity contribution in [3.8, 4) is 5.75 Å². The summed E-state index contributed by atoms with van der Waals surface area (Å²) in [6, 6.07) is 6.11. The quantitative estimate of drug-likeness (QED) is 0.928. The van der Waals surface area contributed by atoms with Gasteiger partial charge in [-0.05, 0) is 18.1 Å². The highest BCUT2D eigenvalue weighted by atomic mass is 16.5. The Hall–Kier alpha value is -2.30. The third-order valence-corrected chi connectivity index (χ3v) is 2.83. The lowest BCUT2D eigenvalue weighted by atomic mass is 10.2. The summed E-state index contributed by atoms with van der Waals surface area (Å²) < 4.78 is 10.6. The van der Waals surface area contributed by atoms with E-state index in [2.05, 4.69) is 5.32 Å². The van der Waals surface area contributed by atoms with E-state index in [9.17, 15) is 9.59 Å². The molecular weight excluding hydrogens is 258 g/mol. The van der Waals surface area contributed by atoms with E-state index in [0.717, 1.165) is 0 Å². The number of carbonyl (C=O) groups excluding carboxylic acids is 1. The SMILES string of the molecule is COc1ccc2c(=O)cc(C(=O)NCC(C)C)oc2c1. The second-order valence-corrected chi connectivity index (χ2v) is 4.94. The Balaban J connectivity index is 2.40.